The number of rotatable bonds is 3. The lowest BCUT2D eigenvalue weighted by molar-refractivity contribution is -0.121. The largest absolute Gasteiger partial charge is 0.396 e. The van der Waals surface area contributed by atoms with Crippen LogP contribution in [-0.2, 0) is 9.59 Å². The van der Waals surface area contributed by atoms with E-state index in [-0.39, 0.29) is 30.4 Å². The average Bonchev–Trinajstić information content (AvgIpc) is 2.77. The lowest BCUT2D eigenvalue weighted by Gasteiger charge is -2.20. The van der Waals surface area contributed by atoms with Gasteiger partial charge in [-0.05, 0) is 12.8 Å². The molecule has 3 N–H and O–H groups in total. The topological polar surface area (TPSA) is 90.8 Å². The van der Waals surface area contributed by atoms with E-state index < -0.39 is 0 Å². The van der Waals surface area contributed by atoms with E-state index in [2.05, 4.69) is 15.8 Å². The maximum absolute atomic E-state index is 11.8. The fraction of sp³-hybridized carbons (Fsp3) is 0.727. The molecule has 1 fully saturated rings. The molecule has 94 valence electrons. The number of aliphatic hydroxyl groups excluding tert-OH is 1. The van der Waals surface area contributed by atoms with Crippen LogP contribution in [0.4, 0.5) is 0 Å². The Bertz CT molecular complexity index is 354. The molecule has 1 aliphatic heterocycles. The van der Waals surface area contributed by atoms with Crippen LogP contribution < -0.4 is 10.7 Å². The lowest BCUT2D eigenvalue weighted by atomic mass is 10.0. The SMILES string of the molecule is O=C1CCC(C(=O)NC2CCCC2CO)=NN1. The van der Waals surface area contributed by atoms with Gasteiger partial charge in [-0.3, -0.25) is 9.59 Å². The second kappa shape index (κ2) is 5.27. The summed E-state index contributed by atoms with van der Waals surface area (Å²) in [6, 6.07) is 0.0350. The van der Waals surface area contributed by atoms with Crippen LogP contribution in [0.1, 0.15) is 32.1 Å². The summed E-state index contributed by atoms with van der Waals surface area (Å²) in [5.41, 5.74) is 2.67. The van der Waals surface area contributed by atoms with Gasteiger partial charge in [-0.15, -0.1) is 0 Å². The first kappa shape index (κ1) is 12.0. The zero-order chi connectivity index (χ0) is 12.3. The number of amides is 2. The van der Waals surface area contributed by atoms with Crippen molar-refractivity contribution in [3.63, 3.8) is 0 Å². The van der Waals surface area contributed by atoms with Gasteiger partial charge in [0.25, 0.3) is 5.91 Å². The van der Waals surface area contributed by atoms with Crippen molar-refractivity contribution in [3.05, 3.63) is 0 Å². The Balaban J connectivity index is 1.90. The zero-order valence-corrected chi connectivity index (χ0v) is 9.61. The molecule has 2 unspecified atom stereocenters. The van der Waals surface area contributed by atoms with E-state index in [1.165, 1.54) is 0 Å². The van der Waals surface area contributed by atoms with E-state index in [0.29, 0.717) is 18.6 Å². The van der Waals surface area contributed by atoms with Crippen LogP contribution in [0, 0.1) is 5.92 Å². The molecule has 0 aromatic carbocycles. The number of aliphatic hydroxyl groups is 1. The molecule has 0 aromatic heterocycles. The molecule has 0 aromatic rings. The highest BCUT2D eigenvalue weighted by Gasteiger charge is 2.29. The first-order valence-electron chi connectivity index (χ1n) is 5.98. The summed E-state index contributed by atoms with van der Waals surface area (Å²) in [4.78, 5) is 22.7. The molecule has 6 heteroatoms. The van der Waals surface area contributed by atoms with Crippen LogP contribution in [0.2, 0.25) is 0 Å². The molecule has 1 saturated carbocycles. The number of hydrogen-bond acceptors (Lipinski definition) is 4. The minimum atomic E-state index is -0.227. The molecule has 2 atom stereocenters. The molecule has 0 saturated heterocycles. The Morgan fingerprint density at radius 3 is 2.94 bits per heavy atom. The van der Waals surface area contributed by atoms with Crippen molar-refractivity contribution < 1.29 is 14.7 Å². The highest BCUT2D eigenvalue weighted by atomic mass is 16.3. The highest BCUT2D eigenvalue weighted by Crippen LogP contribution is 2.25. The van der Waals surface area contributed by atoms with Crippen LogP contribution in [0.5, 0.6) is 0 Å². The minimum absolute atomic E-state index is 0.0350. The second-order valence-corrected chi connectivity index (χ2v) is 4.55. The minimum Gasteiger partial charge on any atom is -0.396 e. The van der Waals surface area contributed by atoms with Crippen molar-refractivity contribution in [2.24, 2.45) is 11.0 Å². The quantitative estimate of drug-likeness (QED) is 0.622. The number of hydrazone groups is 1. The van der Waals surface area contributed by atoms with Gasteiger partial charge in [0.1, 0.15) is 5.71 Å². The molecule has 2 rings (SSSR count). The van der Waals surface area contributed by atoms with Crippen molar-refractivity contribution in [1.82, 2.24) is 10.7 Å². The fourth-order valence-corrected chi connectivity index (χ4v) is 2.33. The van der Waals surface area contributed by atoms with Gasteiger partial charge in [-0.25, -0.2) is 5.43 Å². The number of hydrogen-bond donors (Lipinski definition) is 3. The van der Waals surface area contributed by atoms with E-state index in [9.17, 15) is 9.59 Å². The first-order chi connectivity index (χ1) is 8.20. The van der Waals surface area contributed by atoms with Gasteiger partial charge in [0.05, 0.1) is 0 Å². The number of nitrogens with zero attached hydrogens (tertiary/aromatic N) is 1. The van der Waals surface area contributed by atoms with Gasteiger partial charge < -0.3 is 10.4 Å². The van der Waals surface area contributed by atoms with Gasteiger partial charge in [-0.2, -0.15) is 5.10 Å². The Labute approximate surface area is 99.5 Å². The van der Waals surface area contributed by atoms with Crippen molar-refractivity contribution in [3.8, 4) is 0 Å². The zero-order valence-electron chi connectivity index (χ0n) is 9.61. The second-order valence-electron chi connectivity index (χ2n) is 4.55. The van der Waals surface area contributed by atoms with Crippen LogP contribution >= 0.6 is 0 Å². The molecular weight excluding hydrogens is 222 g/mol. The van der Waals surface area contributed by atoms with Crippen molar-refractivity contribution in [2.45, 2.75) is 38.1 Å². The standard InChI is InChI=1S/C11H17N3O3/c15-6-7-2-1-3-8(7)12-11(17)9-4-5-10(16)14-13-9/h7-8,15H,1-6H2,(H,12,17)(H,14,16). The van der Waals surface area contributed by atoms with Crippen molar-refractivity contribution in [2.75, 3.05) is 6.61 Å². The maximum Gasteiger partial charge on any atom is 0.267 e. The predicted octanol–water partition coefficient (Wildman–Crippen LogP) is -0.470. The van der Waals surface area contributed by atoms with E-state index >= 15 is 0 Å². The predicted molar refractivity (Wildman–Crippen MR) is 61.2 cm³/mol. The third kappa shape index (κ3) is 2.82. The van der Waals surface area contributed by atoms with Gasteiger partial charge in [0.15, 0.2) is 0 Å². The summed E-state index contributed by atoms with van der Waals surface area (Å²) >= 11 is 0. The third-order valence-electron chi connectivity index (χ3n) is 3.38. The normalized spacial score (nSPS) is 28.5. The fourth-order valence-electron chi connectivity index (χ4n) is 2.33. The molecule has 1 heterocycles. The van der Waals surface area contributed by atoms with Crippen LogP contribution in [0.25, 0.3) is 0 Å². The maximum atomic E-state index is 11.8. The monoisotopic (exact) mass is 239 g/mol. The molecule has 0 spiro atoms. The van der Waals surface area contributed by atoms with Gasteiger partial charge in [0, 0.05) is 31.4 Å². The lowest BCUT2D eigenvalue weighted by Crippen LogP contribution is -2.44. The summed E-state index contributed by atoms with van der Waals surface area (Å²) in [7, 11) is 0. The summed E-state index contributed by atoms with van der Waals surface area (Å²) in [6.07, 6.45) is 3.56. The highest BCUT2D eigenvalue weighted by molar-refractivity contribution is 6.39. The van der Waals surface area contributed by atoms with Crippen LogP contribution in [0.3, 0.4) is 0 Å². The number of carbonyl (C=O) groups excluding carboxylic acids is 2. The average molecular weight is 239 g/mol. The van der Waals surface area contributed by atoms with E-state index in [1.807, 2.05) is 0 Å². The smallest absolute Gasteiger partial charge is 0.267 e. The van der Waals surface area contributed by atoms with Crippen molar-refractivity contribution in [1.29, 1.82) is 0 Å². The summed E-state index contributed by atoms with van der Waals surface area (Å²) in [6.45, 7) is 0.105. The molecule has 2 aliphatic rings. The summed E-state index contributed by atoms with van der Waals surface area (Å²) < 4.78 is 0. The Kier molecular flexibility index (Phi) is 3.73. The van der Waals surface area contributed by atoms with E-state index in [4.69, 9.17) is 5.11 Å². The molecule has 17 heavy (non-hydrogen) atoms. The van der Waals surface area contributed by atoms with Crippen LogP contribution in [0.15, 0.2) is 5.10 Å². The number of nitrogens with one attached hydrogen (secondary N) is 2. The Hall–Kier alpha value is -1.43. The molecule has 0 bridgehead atoms. The number of carbonyl (C=O) groups is 2. The Morgan fingerprint density at radius 1 is 1.47 bits per heavy atom. The van der Waals surface area contributed by atoms with Crippen LogP contribution in [-0.4, -0.2) is 35.3 Å². The third-order valence-corrected chi connectivity index (χ3v) is 3.38. The Morgan fingerprint density at radius 2 is 2.29 bits per heavy atom. The molecule has 1 aliphatic carbocycles. The first-order valence-corrected chi connectivity index (χ1v) is 5.98. The van der Waals surface area contributed by atoms with Gasteiger partial charge in [-0.1, -0.05) is 6.42 Å². The van der Waals surface area contributed by atoms with E-state index in [0.717, 1.165) is 19.3 Å². The molecule has 6 nitrogen and oxygen atoms in total. The molecular formula is C11H17N3O3. The molecule has 0 radical (unpaired) electrons. The molecule has 2 amide bonds. The summed E-state index contributed by atoms with van der Waals surface area (Å²) in [5.74, 6) is -0.233. The van der Waals surface area contributed by atoms with E-state index in [1.54, 1.807) is 0 Å². The summed E-state index contributed by atoms with van der Waals surface area (Å²) in [5, 5.41) is 15.8. The van der Waals surface area contributed by atoms with Crippen molar-refractivity contribution >= 4 is 17.5 Å². The van der Waals surface area contributed by atoms with Gasteiger partial charge >= 0.3 is 0 Å². The van der Waals surface area contributed by atoms with Gasteiger partial charge in [0.2, 0.25) is 5.91 Å².